The third kappa shape index (κ3) is 4.30. The van der Waals surface area contributed by atoms with Crippen LogP contribution in [0.25, 0.3) is 17.0 Å². The van der Waals surface area contributed by atoms with Crippen molar-refractivity contribution in [3.8, 4) is 11.4 Å². The predicted octanol–water partition coefficient (Wildman–Crippen LogP) is 2.28. The summed E-state index contributed by atoms with van der Waals surface area (Å²) in [5, 5.41) is 6.95. The second kappa shape index (κ2) is 8.63. The van der Waals surface area contributed by atoms with E-state index in [2.05, 4.69) is 20.4 Å². The molecule has 1 aromatic carbocycles. The fourth-order valence-electron chi connectivity index (χ4n) is 3.74. The molecular formula is C22H22N6O5S. The van der Waals surface area contributed by atoms with Crippen LogP contribution in [0.15, 0.2) is 53.3 Å². The Morgan fingerprint density at radius 2 is 2.09 bits per heavy atom. The smallest absolute Gasteiger partial charge is 0.274 e. The van der Waals surface area contributed by atoms with E-state index < -0.39 is 16.1 Å². The van der Waals surface area contributed by atoms with Crippen LogP contribution in [-0.4, -0.2) is 64.1 Å². The molecule has 1 N–H and O–H groups in total. The first-order chi connectivity index (χ1) is 16.3. The number of nitrogens with one attached hydrogen (secondary N) is 1. The van der Waals surface area contributed by atoms with E-state index in [1.165, 1.54) is 10.5 Å². The van der Waals surface area contributed by atoms with E-state index in [-0.39, 0.29) is 31.5 Å². The van der Waals surface area contributed by atoms with Gasteiger partial charge >= 0.3 is 0 Å². The highest BCUT2D eigenvalue weighted by Gasteiger charge is 2.31. The van der Waals surface area contributed by atoms with Crippen molar-refractivity contribution >= 4 is 27.3 Å². The van der Waals surface area contributed by atoms with Gasteiger partial charge in [-0.2, -0.15) is 9.29 Å². The number of hydrogen-bond acceptors (Lipinski definition) is 8. The van der Waals surface area contributed by atoms with Crippen molar-refractivity contribution in [2.24, 2.45) is 0 Å². The van der Waals surface area contributed by atoms with Gasteiger partial charge in [0.05, 0.1) is 19.1 Å². The number of morpholine rings is 1. The minimum absolute atomic E-state index is 0.106. The molecule has 0 radical (unpaired) electrons. The standard InChI is InChI=1S/C22H22N6O5S/c1-14-6-7-15(11-16(14)24-21(29)17-12-23-19-5-3-4-8-28(17)19)20-25-22(33-26-20)18-13-27(9-10-32-18)34(2,30)31/h3-8,11-12,18H,9-10,13H2,1-2H3,(H,24,29)/t18-/m1/s1. The Labute approximate surface area is 195 Å². The molecule has 3 aromatic heterocycles. The number of aryl methyl sites for hydroxylation is 1. The van der Waals surface area contributed by atoms with E-state index in [1.807, 2.05) is 37.3 Å². The lowest BCUT2D eigenvalue weighted by molar-refractivity contribution is -0.0197. The van der Waals surface area contributed by atoms with Gasteiger partial charge in [-0.05, 0) is 30.7 Å². The first kappa shape index (κ1) is 22.2. The highest BCUT2D eigenvalue weighted by Crippen LogP contribution is 2.27. The third-order valence-electron chi connectivity index (χ3n) is 5.61. The van der Waals surface area contributed by atoms with Gasteiger partial charge in [0, 0.05) is 30.5 Å². The number of imidazole rings is 1. The number of carbonyl (C=O) groups excluding carboxylic acids is 1. The first-order valence-corrected chi connectivity index (χ1v) is 12.4. The quantitative estimate of drug-likeness (QED) is 0.458. The van der Waals surface area contributed by atoms with Gasteiger partial charge in [0.15, 0.2) is 6.10 Å². The summed E-state index contributed by atoms with van der Waals surface area (Å²) in [6.45, 7) is 2.50. The molecular weight excluding hydrogens is 460 g/mol. The van der Waals surface area contributed by atoms with E-state index >= 15 is 0 Å². The highest BCUT2D eigenvalue weighted by atomic mass is 32.2. The Kier molecular flexibility index (Phi) is 5.63. The van der Waals surface area contributed by atoms with Crippen molar-refractivity contribution in [3.63, 3.8) is 0 Å². The molecule has 0 bridgehead atoms. The van der Waals surface area contributed by atoms with E-state index in [0.29, 0.717) is 28.4 Å². The Morgan fingerprint density at radius 1 is 1.24 bits per heavy atom. The van der Waals surface area contributed by atoms with E-state index in [1.54, 1.807) is 16.7 Å². The van der Waals surface area contributed by atoms with E-state index in [4.69, 9.17) is 9.26 Å². The predicted molar refractivity (Wildman–Crippen MR) is 123 cm³/mol. The number of anilines is 1. The molecule has 4 aromatic rings. The Hall–Kier alpha value is -3.61. The van der Waals surface area contributed by atoms with E-state index in [9.17, 15) is 13.2 Å². The molecule has 0 spiro atoms. The van der Waals surface area contributed by atoms with Crippen molar-refractivity contribution in [3.05, 3.63) is 65.9 Å². The maximum Gasteiger partial charge on any atom is 0.274 e. The van der Waals surface area contributed by atoms with Gasteiger partial charge in [-0.1, -0.05) is 23.4 Å². The van der Waals surface area contributed by atoms with Gasteiger partial charge < -0.3 is 14.6 Å². The summed E-state index contributed by atoms with van der Waals surface area (Å²) in [6.07, 6.45) is 3.81. The maximum atomic E-state index is 12.9. The lowest BCUT2D eigenvalue weighted by Gasteiger charge is -2.29. The number of carbonyl (C=O) groups is 1. The molecule has 4 heterocycles. The maximum absolute atomic E-state index is 12.9. The first-order valence-electron chi connectivity index (χ1n) is 10.5. The minimum Gasteiger partial charge on any atom is -0.366 e. The third-order valence-corrected chi connectivity index (χ3v) is 6.88. The zero-order chi connectivity index (χ0) is 23.9. The molecule has 0 saturated carbocycles. The fourth-order valence-corrected chi connectivity index (χ4v) is 4.55. The van der Waals surface area contributed by atoms with Crippen LogP contribution in [0.3, 0.4) is 0 Å². The number of aromatic nitrogens is 4. The van der Waals surface area contributed by atoms with Crippen molar-refractivity contribution in [1.82, 2.24) is 23.8 Å². The van der Waals surface area contributed by atoms with Crippen LogP contribution < -0.4 is 5.32 Å². The summed E-state index contributed by atoms with van der Waals surface area (Å²) in [5.41, 5.74) is 3.17. The van der Waals surface area contributed by atoms with Gasteiger partial charge in [-0.3, -0.25) is 9.20 Å². The van der Waals surface area contributed by atoms with Crippen LogP contribution >= 0.6 is 0 Å². The number of benzene rings is 1. The fraction of sp³-hybridized carbons (Fsp3) is 0.273. The van der Waals surface area contributed by atoms with E-state index in [0.717, 1.165) is 11.8 Å². The average Bonchev–Trinajstić information content (AvgIpc) is 3.48. The summed E-state index contributed by atoms with van der Waals surface area (Å²) in [4.78, 5) is 21.6. The van der Waals surface area contributed by atoms with Gasteiger partial charge in [0.25, 0.3) is 11.8 Å². The topological polar surface area (TPSA) is 132 Å². The molecule has 176 valence electrons. The molecule has 1 aliphatic heterocycles. The largest absolute Gasteiger partial charge is 0.366 e. The van der Waals surface area contributed by atoms with Gasteiger partial charge in [-0.15, -0.1) is 0 Å². The molecule has 12 heteroatoms. The monoisotopic (exact) mass is 482 g/mol. The molecule has 5 rings (SSSR count). The Balaban J connectivity index is 1.37. The molecule has 34 heavy (non-hydrogen) atoms. The molecule has 0 aliphatic carbocycles. The number of rotatable bonds is 5. The van der Waals surface area contributed by atoms with Crippen LogP contribution in [0.5, 0.6) is 0 Å². The van der Waals surface area contributed by atoms with Crippen LogP contribution in [0.4, 0.5) is 5.69 Å². The summed E-state index contributed by atoms with van der Waals surface area (Å²) in [5.74, 6) is 0.199. The molecule has 1 aliphatic rings. The number of nitrogens with zero attached hydrogens (tertiary/aromatic N) is 5. The van der Waals surface area contributed by atoms with Crippen molar-refractivity contribution in [1.29, 1.82) is 0 Å². The Morgan fingerprint density at radius 3 is 2.91 bits per heavy atom. The van der Waals surface area contributed by atoms with Gasteiger partial charge in [0.2, 0.25) is 15.8 Å². The molecule has 1 saturated heterocycles. The molecule has 11 nitrogen and oxygen atoms in total. The number of hydrogen-bond donors (Lipinski definition) is 1. The number of fused-ring (bicyclic) bond motifs is 1. The molecule has 0 unspecified atom stereocenters. The summed E-state index contributed by atoms with van der Waals surface area (Å²) < 4.78 is 37.8. The molecule has 1 amide bonds. The van der Waals surface area contributed by atoms with Crippen molar-refractivity contribution in [2.75, 3.05) is 31.3 Å². The van der Waals surface area contributed by atoms with Crippen LogP contribution in [0.2, 0.25) is 0 Å². The minimum atomic E-state index is -3.35. The van der Waals surface area contributed by atoms with Crippen LogP contribution in [0, 0.1) is 6.92 Å². The lowest BCUT2D eigenvalue weighted by Crippen LogP contribution is -2.41. The number of sulfonamides is 1. The van der Waals surface area contributed by atoms with Crippen molar-refractivity contribution in [2.45, 2.75) is 13.0 Å². The summed E-state index contributed by atoms with van der Waals surface area (Å²) in [7, 11) is -3.35. The van der Waals surface area contributed by atoms with Gasteiger partial charge in [-0.25, -0.2) is 13.4 Å². The number of pyridine rings is 1. The lowest BCUT2D eigenvalue weighted by atomic mass is 10.1. The summed E-state index contributed by atoms with van der Waals surface area (Å²) >= 11 is 0. The number of amides is 1. The Bertz CT molecular complexity index is 1480. The molecule has 1 fully saturated rings. The highest BCUT2D eigenvalue weighted by molar-refractivity contribution is 7.88. The van der Waals surface area contributed by atoms with Crippen LogP contribution in [0.1, 0.15) is 28.0 Å². The van der Waals surface area contributed by atoms with Crippen LogP contribution in [-0.2, 0) is 14.8 Å². The normalized spacial score (nSPS) is 17.2. The average molecular weight is 483 g/mol. The summed E-state index contributed by atoms with van der Waals surface area (Å²) in [6, 6.07) is 10.9. The molecule has 1 atom stereocenters. The zero-order valence-corrected chi connectivity index (χ0v) is 19.3. The van der Waals surface area contributed by atoms with Crippen molar-refractivity contribution < 1.29 is 22.5 Å². The zero-order valence-electron chi connectivity index (χ0n) is 18.5. The SMILES string of the molecule is Cc1ccc(-c2noc([C@H]3CN(S(C)(=O)=O)CCO3)n2)cc1NC(=O)c1cnc2ccccn12. The second-order valence-electron chi connectivity index (χ2n) is 7.99. The van der Waals surface area contributed by atoms with Gasteiger partial charge in [0.1, 0.15) is 11.3 Å². The number of ether oxygens (including phenoxy) is 1. The second-order valence-corrected chi connectivity index (χ2v) is 9.98.